The van der Waals surface area contributed by atoms with Gasteiger partial charge in [-0.25, -0.2) is 9.78 Å². The third-order valence-electron chi connectivity index (χ3n) is 2.75. The molecular weight excluding hydrogens is 242 g/mol. The first-order valence-electron chi connectivity index (χ1n) is 6.10. The molecule has 0 aliphatic rings. The summed E-state index contributed by atoms with van der Waals surface area (Å²) in [6.45, 7) is 2.32. The van der Waals surface area contributed by atoms with Gasteiger partial charge in [0.25, 0.3) is 0 Å². The van der Waals surface area contributed by atoms with E-state index in [0.717, 1.165) is 17.7 Å². The third kappa shape index (κ3) is 3.31. The minimum Gasteiger partial charge on any atom is -0.487 e. The van der Waals surface area contributed by atoms with Crippen LogP contribution in [0.25, 0.3) is 0 Å². The molecule has 0 atom stereocenters. The summed E-state index contributed by atoms with van der Waals surface area (Å²) >= 11 is 0. The van der Waals surface area contributed by atoms with Crippen molar-refractivity contribution >= 4 is 5.97 Å². The Morgan fingerprint density at radius 3 is 2.74 bits per heavy atom. The molecule has 4 heteroatoms. The minimum absolute atomic E-state index is 0.0323. The minimum atomic E-state index is -1.03. The van der Waals surface area contributed by atoms with Crippen molar-refractivity contribution in [1.29, 1.82) is 0 Å². The van der Waals surface area contributed by atoms with Crippen LogP contribution in [0.2, 0.25) is 0 Å². The molecule has 1 aromatic heterocycles. The van der Waals surface area contributed by atoms with E-state index in [9.17, 15) is 4.79 Å². The standard InChI is InChI=1S/C15H15NO3/c1-2-11-6-3-4-9-14(11)19-10-12-7-5-8-13(16-12)15(17)18/h3-9H,2,10H2,1H3,(H,17,18). The van der Waals surface area contributed by atoms with Crippen molar-refractivity contribution in [2.45, 2.75) is 20.0 Å². The van der Waals surface area contributed by atoms with Crippen LogP contribution in [0.3, 0.4) is 0 Å². The number of benzene rings is 1. The molecule has 0 amide bonds. The average Bonchev–Trinajstić information content (AvgIpc) is 2.45. The molecule has 2 rings (SSSR count). The van der Waals surface area contributed by atoms with E-state index in [1.807, 2.05) is 24.3 Å². The van der Waals surface area contributed by atoms with Gasteiger partial charge in [0.15, 0.2) is 0 Å². The highest BCUT2D eigenvalue weighted by atomic mass is 16.5. The Morgan fingerprint density at radius 1 is 1.21 bits per heavy atom. The maximum Gasteiger partial charge on any atom is 0.354 e. The maximum atomic E-state index is 10.8. The van der Waals surface area contributed by atoms with E-state index < -0.39 is 5.97 Å². The van der Waals surface area contributed by atoms with Crippen LogP contribution in [0.5, 0.6) is 5.75 Å². The van der Waals surface area contributed by atoms with E-state index in [-0.39, 0.29) is 12.3 Å². The van der Waals surface area contributed by atoms with Gasteiger partial charge in [-0.2, -0.15) is 0 Å². The summed E-state index contributed by atoms with van der Waals surface area (Å²) in [5.41, 5.74) is 1.76. The number of aryl methyl sites for hydroxylation is 1. The van der Waals surface area contributed by atoms with Crippen molar-refractivity contribution in [2.75, 3.05) is 0 Å². The highest BCUT2D eigenvalue weighted by Crippen LogP contribution is 2.19. The number of carboxylic acids is 1. The summed E-state index contributed by atoms with van der Waals surface area (Å²) in [5.74, 6) is -0.219. The first-order chi connectivity index (χ1) is 9.20. The average molecular weight is 257 g/mol. The SMILES string of the molecule is CCc1ccccc1OCc1cccc(C(=O)O)n1. The highest BCUT2D eigenvalue weighted by Gasteiger charge is 2.06. The van der Waals surface area contributed by atoms with E-state index >= 15 is 0 Å². The molecular formula is C15H15NO3. The van der Waals surface area contributed by atoms with Crippen molar-refractivity contribution in [1.82, 2.24) is 4.98 Å². The second kappa shape index (κ2) is 6.00. The predicted molar refractivity (Wildman–Crippen MR) is 71.3 cm³/mol. The lowest BCUT2D eigenvalue weighted by Crippen LogP contribution is -2.05. The molecule has 98 valence electrons. The Hall–Kier alpha value is -2.36. The largest absolute Gasteiger partial charge is 0.487 e. The molecule has 0 radical (unpaired) electrons. The second-order valence-corrected chi connectivity index (χ2v) is 4.07. The normalized spacial score (nSPS) is 10.2. The van der Waals surface area contributed by atoms with Crippen LogP contribution in [0.1, 0.15) is 28.7 Å². The summed E-state index contributed by atoms with van der Waals surface area (Å²) in [6, 6.07) is 12.7. The van der Waals surface area contributed by atoms with Gasteiger partial charge in [-0.15, -0.1) is 0 Å². The number of hydrogen-bond donors (Lipinski definition) is 1. The topological polar surface area (TPSA) is 59.4 Å². The zero-order valence-corrected chi connectivity index (χ0v) is 10.7. The fourth-order valence-electron chi connectivity index (χ4n) is 1.77. The molecule has 0 saturated carbocycles. The molecule has 1 heterocycles. The second-order valence-electron chi connectivity index (χ2n) is 4.07. The summed E-state index contributed by atoms with van der Waals surface area (Å²) in [6.07, 6.45) is 0.888. The summed E-state index contributed by atoms with van der Waals surface area (Å²) in [7, 11) is 0. The van der Waals surface area contributed by atoms with Crippen LogP contribution in [0.15, 0.2) is 42.5 Å². The van der Waals surface area contributed by atoms with Crippen molar-refractivity contribution in [3.63, 3.8) is 0 Å². The molecule has 0 bridgehead atoms. The first-order valence-corrected chi connectivity index (χ1v) is 6.10. The summed E-state index contributed by atoms with van der Waals surface area (Å²) in [4.78, 5) is 14.8. The lowest BCUT2D eigenvalue weighted by atomic mass is 10.1. The summed E-state index contributed by atoms with van der Waals surface area (Å²) in [5, 5.41) is 8.87. The van der Waals surface area contributed by atoms with Crippen molar-refractivity contribution in [3.8, 4) is 5.75 Å². The molecule has 0 aliphatic heterocycles. The fourth-order valence-corrected chi connectivity index (χ4v) is 1.77. The van der Waals surface area contributed by atoms with E-state index in [2.05, 4.69) is 11.9 Å². The quantitative estimate of drug-likeness (QED) is 0.894. The smallest absolute Gasteiger partial charge is 0.354 e. The highest BCUT2D eigenvalue weighted by molar-refractivity contribution is 5.85. The number of carbonyl (C=O) groups is 1. The molecule has 0 saturated heterocycles. The van der Waals surface area contributed by atoms with Crippen molar-refractivity contribution in [3.05, 3.63) is 59.4 Å². The van der Waals surface area contributed by atoms with Gasteiger partial charge in [0.2, 0.25) is 0 Å². The van der Waals surface area contributed by atoms with Crippen LogP contribution < -0.4 is 4.74 Å². The number of ether oxygens (including phenoxy) is 1. The zero-order chi connectivity index (χ0) is 13.7. The maximum absolute atomic E-state index is 10.8. The van der Waals surface area contributed by atoms with Gasteiger partial charge in [0.1, 0.15) is 18.1 Å². The van der Waals surface area contributed by atoms with Gasteiger partial charge in [-0.1, -0.05) is 31.2 Å². The van der Waals surface area contributed by atoms with Gasteiger partial charge in [-0.3, -0.25) is 0 Å². The molecule has 2 aromatic rings. The Bertz CT molecular complexity index is 581. The van der Waals surface area contributed by atoms with E-state index in [1.54, 1.807) is 12.1 Å². The molecule has 0 unspecified atom stereocenters. The predicted octanol–water partition coefficient (Wildman–Crippen LogP) is 2.92. The van der Waals surface area contributed by atoms with Crippen molar-refractivity contribution in [2.24, 2.45) is 0 Å². The molecule has 0 aliphatic carbocycles. The van der Waals surface area contributed by atoms with Crippen LogP contribution in [0.4, 0.5) is 0 Å². The zero-order valence-electron chi connectivity index (χ0n) is 10.7. The molecule has 0 spiro atoms. The molecule has 0 fully saturated rings. The van der Waals surface area contributed by atoms with Crippen LogP contribution >= 0.6 is 0 Å². The number of aromatic carboxylic acids is 1. The third-order valence-corrected chi connectivity index (χ3v) is 2.75. The number of para-hydroxylation sites is 1. The molecule has 4 nitrogen and oxygen atoms in total. The lowest BCUT2D eigenvalue weighted by Gasteiger charge is -2.10. The van der Waals surface area contributed by atoms with Gasteiger partial charge >= 0.3 is 5.97 Å². The van der Waals surface area contributed by atoms with Crippen molar-refractivity contribution < 1.29 is 14.6 Å². The van der Waals surface area contributed by atoms with E-state index in [1.165, 1.54) is 6.07 Å². The lowest BCUT2D eigenvalue weighted by molar-refractivity contribution is 0.0690. The van der Waals surface area contributed by atoms with E-state index in [0.29, 0.717) is 5.69 Å². The number of nitrogens with zero attached hydrogens (tertiary/aromatic N) is 1. The Labute approximate surface area is 111 Å². The number of pyridine rings is 1. The van der Waals surface area contributed by atoms with Gasteiger partial charge in [0.05, 0.1) is 5.69 Å². The molecule has 1 aromatic carbocycles. The van der Waals surface area contributed by atoms with E-state index in [4.69, 9.17) is 9.84 Å². The fraction of sp³-hybridized carbons (Fsp3) is 0.200. The van der Waals surface area contributed by atoms with Crippen LogP contribution in [-0.2, 0) is 13.0 Å². The molecule has 1 N–H and O–H groups in total. The number of rotatable bonds is 5. The van der Waals surface area contributed by atoms with Crippen LogP contribution in [-0.4, -0.2) is 16.1 Å². The Morgan fingerprint density at radius 2 is 2.00 bits per heavy atom. The number of aromatic nitrogens is 1. The number of carboxylic acid groups (broad SMARTS) is 1. The summed E-state index contributed by atoms with van der Waals surface area (Å²) < 4.78 is 5.69. The number of hydrogen-bond acceptors (Lipinski definition) is 3. The monoisotopic (exact) mass is 257 g/mol. The Kier molecular flexibility index (Phi) is 4.13. The van der Waals surface area contributed by atoms with Gasteiger partial charge in [0, 0.05) is 0 Å². The van der Waals surface area contributed by atoms with Crippen LogP contribution in [0, 0.1) is 0 Å². The van der Waals surface area contributed by atoms with Gasteiger partial charge < -0.3 is 9.84 Å². The Balaban J connectivity index is 2.10. The first kappa shape index (κ1) is 13.1. The molecule has 19 heavy (non-hydrogen) atoms. The van der Waals surface area contributed by atoms with Gasteiger partial charge in [-0.05, 0) is 30.2 Å².